The van der Waals surface area contributed by atoms with E-state index in [9.17, 15) is 4.79 Å². The molecule has 1 amide bonds. The highest BCUT2D eigenvalue weighted by Gasteiger charge is 2.40. The first-order valence-electron chi connectivity index (χ1n) is 8.99. The van der Waals surface area contributed by atoms with Crippen LogP contribution in [0.4, 0.5) is 0 Å². The molecule has 0 radical (unpaired) electrons. The maximum Gasteiger partial charge on any atom is 0.251 e. The zero-order chi connectivity index (χ0) is 17.1. The number of benzene rings is 1. The topological polar surface area (TPSA) is 73.6 Å². The summed E-state index contributed by atoms with van der Waals surface area (Å²) in [6, 6.07) is 5.90. The standard InChI is InChI=1S/C19H28N2O3.ClH/c1-3-24-16-8-7-14(11-17(16)23-2)19(22)21-18-12-5-4-6-13(18)10-15(20)9-12;/h7-8,11-13,15,18H,3-6,9-10,20H2,1-2H3,(H,21,22);1H. The molecular weight excluding hydrogens is 340 g/mol. The Morgan fingerprint density at radius 3 is 2.52 bits per heavy atom. The lowest BCUT2D eigenvalue weighted by molar-refractivity contribution is 0.0755. The van der Waals surface area contributed by atoms with E-state index >= 15 is 0 Å². The third-order valence-electron chi connectivity index (χ3n) is 5.40. The van der Waals surface area contributed by atoms with Crippen molar-refractivity contribution in [2.75, 3.05) is 13.7 Å². The van der Waals surface area contributed by atoms with Crippen molar-refractivity contribution in [3.63, 3.8) is 0 Å². The minimum absolute atomic E-state index is 0. The second kappa shape index (κ2) is 8.77. The fourth-order valence-electron chi connectivity index (χ4n) is 4.34. The van der Waals surface area contributed by atoms with Crippen molar-refractivity contribution in [2.45, 2.75) is 51.1 Å². The average Bonchev–Trinajstić information content (AvgIpc) is 2.56. The molecule has 0 aliphatic heterocycles. The number of nitrogens with one attached hydrogen (secondary N) is 1. The molecule has 2 saturated carbocycles. The van der Waals surface area contributed by atoms with Crippen LogP contribution in [0.15, 0.2) is 18.2 Å². The molecule has 1 aromatic carbocycles. The quantitative estimate of drug-likeness (QED) is 0.837. The largest absolute Gasteiger partial charge is 0.493 e. The number of carbonyl (C=O) groups excluding carboxylic acids is 1. The van der Waals surface area contributed by atoms with E-state index in [4.69, 9.17) is 15.2 Å². The Morgan fingerprint density at radius 2 is 1.92 bits per heavy atom. The number of hydrogen-bond acceptors (Lipinski definition) is 4. The van der Waals surface area contributed by atoms with Crippen LogP contribution in [0.1, 0.15) is 49.4 Å². The maximum atomic E-state index is 12.7. The van der Waals surface area contributed by atoms with Gasteiger partial charge in [-0.05, 0) is 62.6 Å². The average molecular weight is 369 g/mol. The van der Waals surface area contributed by atoms with E-state index in [1.165, 1.54) is 19.3 Å². The summed E-state index contributed by atoms with van der Waals surface area (Å²) in [5.41, 5.74) is 6.78. The lowest BCUT2D eigenvalue weighted by Gasteiger charge is -2.45. The van der Waals surface area contributed by atoms with E-state index in [2.05, 4.69) is 5.32 Å². The molecule has 3 N–H and O–H groups in total. The normalized spacial score (nSPS) is 27.8. The third kappa shape index (κ3) is 4.39. The minimum Gasteiger partial charge on any atom is -0.493 e. The third-order valence-corrected chi connectivity index (χ3v) is 5.40. The summed E-state index contributed by atoms with van der Waals surface area (Å²) in [5.74, 6) is 2.25. The molecule has 3 rings (SSSR count). The predicted octanol–water partition coefficient (Wildman–Crippen LogP) is 3.15. The van der Waals surface area contributed by atoms with Gasteiger partial charge in [0.2, 0.25) is 0 Å². The summed E-state index contributed by atoms with van der Waals surface area (Å²) in [6.07, 6.45) is 5.64. The first-order valence-corrected chi connectivity index (χ1v) is 8.99. The summed E-state index contributed by atoms with van der Waals surface area (Å²) in [7, 11) is 1.59. The molecule has 0 saturated heterocycles. The van der Waals surface area contributed by atoms with Crippen LogP contribution in [0.3, 0.4) is 0 Å². The number of methoxy groups -OCH3 is 1. The van der Waals surface area contributed by atoms with Gasteiger partial charge in [0.25, 0.3) is 5.91 Å². The van der Waals surface area contributed by atoms with Gasteiger partial charge in [-0.3, -0.25) is 4.79 Å². The number of amides is 1. The molecule has 5 nitrogen and oxygen atoms in total. The number of hydrogen-bond donors (Lipinski definition) is 2. The fourth-order valence-corrected chi connectivity index (χ4v) is 4.34. The first-order chi connectivity index (χ1) is 11.6. The van der Waals surface area contributed by atoms with E-state index in [0.29, 0.717) is 41.5 Å². The molecule has 0 aromatic heterocycles. The molecule has 0 spiro atoms. The van der Waals surface area contributed by atoms with Crippen molar-refractivity contribution in [1.82, 2.24) is 5.32 Å². The number of carbonyl (C=O) groups is 1. The number of halogens is 1. The van der Waals surface area contributed by atoms with E-state index in [1.54, 1.807) is 25.3 Å². The highest BCUT2D eigenvalue weighted by Crippen LogP contribution is 2.40. The molecule has 2 atom stereocenters. The molecule has 6 heteroatoms. The maximum absolute atomic E-state index is 12.7. The van der Waals surface area contributed by atoms with Gasteiger partial charge in [0, 0.05) is 17.6 Å². The van der Waals surface area contributed by atoms with Crippen molar-refractivity contribution < 1.29 is 14.3 Å². The molecular formula is C19H29ClN2O3. The first kappa shape index (κ1) is 19.9. The number of rotatable bonds is 5. The SMILES string of the molecule is CCOc1ccc(C(=O)NC2C3CCCC2CC(N)C3)cc1OC.Cl. The van der Waals surface area contributed by atoms with Crippen molar-refractivity contribution in [2.24, 2.45) is 17.6 Å². The molecule has 0 heterocycles. The van der Waals surface area contributed by atoms with Crippen LogP contribution < -0.4 is 20.5 Å². The zero-order valence-electron chi connectivity index (χ0n) is 15.0. The monoisotopic (exact) mass is 368 g/mol. The van der Waals surface area contributed by atoms with E-state index in [-0.39, 0.29) is 24.4 Å². The van der Waals surface area contributed by atoms with Crippen LogP contribution in [0.25, 0.3) is 0 Å². The van der Waals surface area contributed by atoms with Gasteiger partial charge in [-0.1, -0.05) is 6.42 Å². The smallest absolute Gasteiger partial charge is 0.251 e. The van der Waals surface area contributed by atoms with E-state index in [0.717, 1.165) is 12.8 Å². The summed E-state index contributed by atoms with van der Waals surface area (Å²) < 4.78 is 10.9. The molecule has 2 bridgehead atoms. The van der Waals surface area contributed by atoms with Crippen LogP contribution >= 0.6 is 12.4 Å². The summed E-state index contributed by atoms with van der Waals surface area (Å²) in [6.45, 7) is 2.49. The van der Waals surface area contributed by atoms with Crippen molar-refractivity contribution >= 4 is 18.3 Å². The Labute approximate surface area is 156 Å². The van der Waals surface area contributed by atoms with Crippen LogP contribution in [0.5, 0.6) is 11.5 Å². The minimum atomic E-state index is -0.0336. The van der Waals surface area contributed by atoms with E-state index in [1.807, 2.05) is 6.92 Å². The summed E-state index contributed by atoms with van der Waals surface area (Å²) in [4.78, 5) is 12.7. The molecule has 2 unspecified atom stereocenters. The number of fused-ring (bicyclic) bond motifs is 2. The Morgan fingerprint density at radius 1 is 1.24 bits per heavy atom. The molecule has 2 aliphatic carbocycles. The lowest BCUT2D eigenvalue weighted by atomic mass is 9.67. The highest BCUT2D eigenvalue weighted by molar-refractivity contribution is 5.95. The number of ether oxygens (including phenoxy) is 2. The Hall–Kier alpha value is -1.46. The zero-order valence-corrected chi connectivity index (χ0v) is 15.8. The molecule has 2 aliphatic rings. The lowest BCUT2D eigenvalue weighted by Crippen LogP contribution is -2.53. The van der Waals surface area contributed by atoms with E-state index < -0.39 is 0 Å². The molecule has 25 heavy (non-hydrogen) atoms. The van der Waals surface area contributed by atoms with Gasteiger partial charge in [0.05, 0.1) is 13.7 Å². The molecule has 1 aromatic rings. The number of nitrogens with two attached hydrogens (primary N) is 1. The van der Waals surface area contributed by atoms with Crippen LogP contribution in [-0.2, 0) is 0 Å². The predicted molar refractivity (Wildman–Crippen MR) is 101 cm³/mol. The molecule has 140 valence electrons. The van der Waals surface area contributed by atoms with Crippen molar-refractivity contribution in [3.05, 3.63) is 23.8 Å². The second-order valence-corrected chi connectivity index (χ2v) is 6.98. The Balaban J connectivity index is 0.00000225. The second-order valence-electron chi connectivity index (χ2n) is 6.98. The fraction of sp³-hybridized carbons (Fsp3) is 0.632. The van der Waals surface area contributed by atoms with Crippen molar-refractivity contribution in [3.8, 4) is 11.5 Å². The van der Waals surface area contributed by atoms with Gasteiger partial charge in [-0.25, -0.2) is 0 Å². The van der Waals surface area contributed by atoms with Crippen LogP contribution in [0.2, 0.25) is 0 Å². The van der Waals surface area contributed by atoms with Gasteiger partial charge in [-0.15, -0.1) is 12.4 Å². The summed E-state index contributed by atoms with van der Waals surface area (Å²) in [5, 5.41) is 3.27. The summed E-state index contributed by atoms with van der Waals surface area (Å²) >= 11 is 0. The van der Waals surface area contributed by atoms with Gasteiger partial charge >= 0.3 is 0 Å². The Bertz CT molecular complexity index is 582. The highest BCUT2D eigenvalue weighted by atomic mass is 35.5. The van der Waals surface area contributed by atoms with Crippen LogP contribution in [0, 0.1) is 11.8 Å². The van der Waals surface area contributed by atoms with Crippen molar-refractivity contribution in [1.29, 1.82) is 0 Å². The van der Waals surface area contributed by atoms with Crippen LogP contribution in [-0.4, -0.2) is 31.7 Å². The van der Waals surface area contributed by atoms with Gasteiger partial charge < -0.3 is 20.5 Å². The van der Waals surface area contributed by atoms with Gasteiger partial charge in [-0.2, -0.15) is 0 Å². The van der Waals surface area contributed by atoms with Gasteiger partial charge in [0.15, 0.2) is 11.5 Å². The Kier molecular flexibility index (Phi) is 6.96. The molecule has 2 fully saturated rings. The van der Waals surface area contributed by atoms with Gasteiger partial charge in [0.1, 0.15) is 0 Å².